The third-order valence-corrected chi connectivity index (χ3v) is 7.40. The van der Waals surface area contributed by atoms with Crippen molar-refractivity contribution in [3.05, 3.63) is 24.3 Å². The summed E-state index contributed by atoms with van der Waals surface area (Å²) in [4.78, 5) is 26.1. The first-order valence-corrected chi connectivity index (χ1v) is 10.9. The predicted molar refractivity (Wildman–Crippen MR) is 106 cm³/mol. The molecule has 6 heteroatoms. The standard InChI is InChI=1S/C20H25ClN2O2S/c1-26-16-4-2-3-15(6-16)23-17(24)11-22-18(25)19-7-13-5-14(8-19)10-20(21,9-13)12-19/h2-4,6,13-14H,5,7-12H2,1H3,(H,22,25)(H,23,24)/t13-,14-,19?,20?/m1/s1. The van der Waals surface area contributed by atoms with Gasteiger partial charge in [0.25, 0.3) is 0 Å². The van der Waals surface area contributed by atoms with Gasteiger partial charge in [0.15, 0.2) is 0 Å². The Balaban J connectivity index is 1.36. The Hall–Kier alpha value is -1.20. The van der Waals surface area contributed by atoms with Gasteiger partial charge in [0, 0.05) is 15.5 Å². The van der Waals surface area contributed by atoms with Gasteiger partial charge in [-0.05, 0) is 74.8 Å². The van der Waals surface area contributed by atoms with Crippen molar-refractivity contribution in [2.24, 2.45) is 17.3 Å². The molecule has 0 heterocycles. The van der Waals surface area contributed by atoms with E-state index in [1.807, 2.05) is 30.5 Å². The molecule has 2 amide bonds. The fraction of sp³-hybridized carbons (Fsp3) is 0.600. The Labute approximate surface area is 163 Å². The molecular weight excluding hydrogens is 368 g/mol. The summed E-state index contributed by atoms with van der Waals surface area (Å²) < 4.78 is 0. The summed E-state index contributed by atoms with van der Waals surface area (Å²) >= 11 is 8.43. The van der Waals surface area contributed by atoms with Gasteiger partial charge in [0.05, 0.1) is 12.0 Å². The van der Waals surface area contributed by atoms with Crippen LogP contribution in [0.4, 0.5) is 5.69 Å². The maximum atomic E-state index is 12.9. The van der Waals surface area contributed by atoms with Crippen molar-refractivity contribution in [1.29, 1.82) is 0 Å². The predicted octanol–water partition coefficient (Wildman–Crippen LogP) is 4.04. The van der Waals surface area contributed by atoms with Gasteiger partial charge >= 0.3 is 0 Å². The van der Waals surface area contributed by atoms with Crippen LogP contribution in [0.5, 0.6) is 0 Å². The van der Waals surface area contributed by atoms with Crippen LogP contribution in [0.2, 0.25) is 0 Å². The van der Waals surface area contributed by atoms with Gasteiger partial charge in [0.1, 0.15) is 0 Å². The third kappa shape index (κ3) is 3.48. The van der Waals surface area contributed by atoms with E-state index in [1.165, 1.54) is 6.42 Å². The van der Waals surface area contributed by atoms with Crippen molar-refractivity contribution in [2.45, 2.75) is 48.3 Å². The summed E-state index contributed by atoms with van der Waals surface area (Å²) in [6.07, 6.45) is 7.94. The molecule has 4 aliphatic carbocycles. The lowest BCUT2D eigenvalue weighted by Crippen LogP contribution is -2.58. The topological polar surface area (TPSA) is 58.2 Å². The molecule has 4 fully saturated rings. The highest BCUT2D eigenvalue weighted by molar-refractivity contribution is 7.98. The number of halogens is 1. The molecule has 0 saturated heterocycles. The maximum Gasteiger partial charge on any atom is 0.243 e. The minimum absolute atomic E-state index is 0.00863. The van der Waals surface area contributed by atoms with E-state index >= 15 is 0 Å². The minimum atomic E-state index is -0.356. The van der Waals surface area contributed by atoms with E-state index in [4.69, 9.17) is 11.6 Å². The van der Waals surface area contributed by atoms with Gasteiger partial charge in [-0.3, -0.25) is 9.59 Å². The highest BCUT2D eigenvalue weighted by Crippen LogP contribution is 2.63. The minimum Gasteiger partial charge on any atom is -0.347 e. The largest absolute Gasteiger partial charge is 0.347 e. The Morgan fingerprint density at radius 1 is 1.23 bits per heavy atom. The Bertz CT molecular complexity index is 724. The van der Waals surface area contributed by atoms with Crippen molar-refractivity contribution in [3.8, 4) is 0 Å². The molecular formula is C20H25ClN2O2S. The second kappa shape index (κ2) is 6.75. The van der Waals surface area contributed by atoms with E-state index in [0.717, 1.165) is 42.7 Å². The van der Waals surface area contributed by atoms with Crippen LogP contribution in [0, 0.1) is 17.3 Å². The normalized spacial score (nSPS) is 34.5. The number of carbonyl (C=O) groups excluding carboxylic acids is 2. The maximum absolute atomic E-state index is 12.9. The lowest BCUT2D eigenvalue weighted by Gasteiger charge is -2.59. The van der Waals surface area contributed by atoms with Gasteiger partial charge in [-0.2, -0.15) is 0 Å². The van der Waals surface area contributed by atoms with E-state index in [2.05, 4.69) is 10.6 Å². The molecule has 140 valence electrons. The van der Waals surface area contributed by atoms with Crippen molar-refractivity contribution in [2.75, 3.05) is 18.1 Å². The number of anilines is 1. The second-order valence-corrected chi connectivity index (χ2v) is 10.0. The van der Waals surface area contributed by atoms with E-state index < -0.39 is 0 Å². The lowest BCUT2D eigenvalue weighted by atomic mass is 9.49. The number of hydrogen-bond acceptors (Lipinski definition) is 3. The Morgan fingerprint density at radius 3 is 2.62 bits per heavy atom. The molecule has 2 N–H and O–H groups in total. The number of rotatable bonds is 5. The van der Waals surface area contributed by atoms with Gasteiger partial charge in [-0.1, -0.05) is 6.07 Å². The first-order chi connectivity index (χ1) is 12.4. The summed E-state index contributed by atoms with van der Waals surface area (Å²) in [5, 5.41) is 5.75. The fourth-order valence-electron chi connectivity index (χ4n) is 5.67. The quantitative estimate of drug-likeness (QED) is 0.587. The zero-order valence-electron chi connectivity index (χ0n) is 15.0. The number of amides is 2. The van der Waals surface area contributed by atoms with Crippen LogP contribution in [0.3, 0.4) is 0 Å². The molecule has 0 aromatic heterocycles. The molecule has 2 atom stereocenters. The Kier molecular flexibility index (Phi) is 4.72. The Morgan fingerprint density at radius 2 is 1.96 bits per heavy atom. The molecule has 0 unspecified atom stereocenters. The average Bonchev–Trinajstić information content (AvgIpc) is 2.57. The van der Waals surface area contributed by atoms with Crippen LogP contribution in [-0.2, 0) is 9.59 Å². The molecule has 0 radical (unpaired) electrons. The van der Waals surface area contributed by atoms with Crippen LogP contribution in [0.25, 0.3) is 0 Å². The molecule has 0 aliphatic heterocycles. The zero-order valence-corrected chi connectivity index (χ0v) is 16.6. The number of hydrogen-bond donors (Lipinski definition) is 2. The van der Waals surface area contributed by atoms with Gasteiger partial charge in [0.2, 0.25) is 11.8 Å². The van der Waals surface area contributed by atoms with Crippen LogP contribution in [-0.4, -0.2) is 29.5 Å². The summed E-state index contributed by atoms with van der Waals surface area (Å²) in [5.41, 5.74) is 0.399. The second-order valence-electron chi connectivity index (χ2n) is 8.36. The van der Waals surface area contributed by atoms with Crippen LogP contribution < -0.4 is 10.6 Å². The highest BCUT2D eigenvalue weighted by Gasteiger charge is 2.60. The smallest absolute Gasteiger partial charge is 0.243 e. The number of carbonyl (C=O) groups is 2. The van der Waals surface area contributed by atoms with E-state index in [-0.39, 0.29) is 28.6 Å². The lowest BCUT2D eigenvalue weighted by molar-refractivity contribution is -0.145. The molecule has 4 aliphatic rings. The van der Waals surface area contributed by atoms with Crippen molar-refractivity contribution in [3.63, 3.8) is 0 Å². The van der Waals surface area contributed by atoms with E-state index in [0.29, 0.717) is 11.8 Å². The van der Waals surface area contributed by atoms with Crippen molar-refractivity contribution >= 4 is 40.9 Å². The van der Waals surface area contributed by atoms with Crippen LogP contribution in [0.15, 0.2) is 29.2 Å². The molecule has 1 aromatic rings. The summed E-state index contributed by atoms with van der Waals surface area (Å²) in [7, 11) is 0. The first kappa shape index (κ1) is 18.2. The zero-order chi connectivity index (χ0) is 18.4. The summed E-state index contributed by atoms with van der Waals surface area (Å²) in [6.45, 7) is 0.00863. The monoisotopic (exact) mass is 392 g/mol. The number of benzene rings is 1. The molecule has 4 saturated carbocycles. The van der Waals surface area contributed by atoms with E-state index in [1.54, 1.807) is 11.8 Å². The van der Waals surface area contributed by atoms with Crippen molar-refractivity contribution < 1.29 is 9.59 Å². The first-order valence-electron chi connectivity index (χ1n) is 9.31. The summed E-state index contributed by atoms with van der Waals surface area (Å²) in [5.74, 6) is 0.969. The SMILES string of the molecule is CSc1cccc(NC(=O)CNC(=O)C23C[C@H]4C[C@@H](CC(Cl)(C4)C2)C3)c1. The van der Waals surface area contributed by atoms with Crippen molar-refractivity contribution in [1.82, 2.24) is 5.32 Å². The molecule has 1 aromatic carbocycles. The fourth-order valence-corrected chi connectivity index (χ4v) is 6.82. The molecule has 0 spiro atoms. The molecule has 4 nitrogen and oxygen atoms in total. The van der Waals surface area contributed by atoms with Crippen LogP contribution >= 0.6 is 23.4 Å². The van der Waals surface area contributed by atoms with E-state index in [9.17, 15) is 9.59 Å². The third-order valence-electron chi connectivity index (χ3n) is 6.23. The van der Waals surface area contributed by atoms with Crippen LogP contribution in [0.1, 0.15) is 38.5 Å². The average molecular weight is 393 g/mol. The van der Waals surface area contributed by atoms with Gasteiger partial charge in [-0.25, -0.2) is 0 Å². The van der Waals surface area contributed by atoms with Gasteiger partial charge < -0.3 is 10.6 Å². The number of alkyl halides is 1. The van der Waals surface area contributed by atoms with Gasteiger partial charge in [-0.15, -0.1) is 23.4 Å². The number of thioether (sulfide) groups is 1. The highest BCUT2D eigenvalue weighted by atomic mass is 35.5. The molecule has 5 rings (SSSR count). The molecule has 26 heavy (non-hydrogen) atoms. The summed E-state index contributed by atoms with van der Waals surface area (Å²) in [6, 6.07) is 7.70. The number of nitrogens with one attached hydrogen (secondary N) is 2. The molecule has 4 bridgehead atoms.